The largest absolute Gasteiger partial charge is 0.377 e. The highest BCUT2D eigenvalue weighted by Gasteiger charge is 2.35. The number of rotatable bonds is 4. The minimum atomic E-state index is 0.171. The third kappa shape index (κ3) is 4.68. The molecule has 4 nitrogen and oxygen atoms in total. The molecular weight excluding hydrogens is 238 g/mol. The van der Waals surface area contributed by atoms with Crippen molar-refractivity contribution < 1.29 is 4.74 Å². The lowest BCUT2D eigenvalue weighted by Crippen LogP contribution is -2.42. The molecule has 0 aromatic carbocycles. The van der Waals surface area contributed by atoms with Gasteiger partial charge in [0.1, 0.15) is 0 Å². The van der Waals surface area contributed by atoms with Crippen LogP contribution in [0.2, 0.25) is 0 Å². The molecule has 0 aliphatic carbocycles. The molecule has 1 aliphatic rings. The molecule has 2 N–H and O–H groups in total. The van der Waals surface area contributed by atoms with Crippen LogP contribution in [0.1, 0.15) is 47.5 Å². The standard InChI is InChI=1S/C15H31N3O/c1-6-18(7-2)14(16)17-11-12-9-8-10-19-13(12)15(3,4)5/h12-13H,6-11H2,1-5H3,(H2,16,17). The first-order chi connectivity index (χ1) is 8.90. The molecule has 1 heterocycles. The molecule has 0 aromatic rings. The topological polar surface area (TPSA) is 50.8 Å². The summed E-state index contributed by atoms with van der Waals surface area (Å²) in [7, 11) is 0. The van der Waals surface area contributed by atoms with Crippen LogP contribution in [0.15, 0.2) is 4.99 Å². The molecular formula is C15H31N3O. The highest BCUT2D eigenvalue weighted by atomic mass is 16.5. The van der Waals surface area contributed by atoms with E-state index in [9.17, 15) is 0 Å². The zero-order valence-electron chi connectivity index (χ0n) is 13.3. The summed E-state index contributed by atoms with van der Waals surface area (Å²) in [6, 6.07) is 0. The van der Waals surface area contributed by atoms with Crippen LogP contribution < -0.4 is 5.73 Å². The molecule has 1 fully saturated rings. The van der Waals surface area contributed by atoms with E-state index >= 15 is 0 Å². The fourth-order valence-electron chi connectivity index (χ4n) is 2.85. The van der Waals surface area contributed by atoms with Gasteiger partial charge < -0.3 is 15.4 Å². The average molecular weight is 269 g/mol. The Balaban J connectivity index is 2.65. The molecule has 0 aromatic heterocycles. The molecule has 2 atom stereocenters. The molecule has 0 radical (unpaired) electrons. The Hall–Kier alpha value is -0.770. The molecule has 19 heavy (non-hydrogen) atoms. The van der Waals surface area contributed by atoms with Gasteiger partial charge in [-0.1, -0.05) is 20.8 Å². The van der Waals surface area contributed by atoms with E-state index in [0.717, 1.165) is 32.7 Å². The number of guanidine groups is 1. The van der Waals surface area contributed by atoms with Crippen LogP contribution in [0.5, 0.6) is 0 Å². The number of nitrogens with two attached hydrogens (primary N) is 1. The van der Waals surface area contributed by atoms with Crippen molar-refractivity contribution in [2.24, 2.45) is 22.1 Å². The summed E-state index contributed by atoms with van der Waals surface area (Å²) >= 11 is 0. The van der Waals surface area contributed by atoms with Gasteiger partial charge in [0, 0.05) is 32.2 Å². The summed E-state index contributed by atoms with van der Waals surface area (Å²) in [6.07, 6.45) is 2.61. The quantitative estimate of drug-likeness (QED) is 0.630. The van der Waals surface area contributed by atoms with Gasteiger partial charge in [-0.15, -0.1) is 0 Å². The van der Waals surface area contributed by atoms with E-state index in [0.29, 0.717) is 11.9 Å². The molecule has 0 bridgehead atoms. The van der Waals surface area contributed by atoms with E-state index in [1.807, 2.05) is 0 Å². The maximum Gasteiger partial charge on any atom is 0.191 e. The lowest BCUT2D eigenvalue weighted by atomic mass is 9.78. The maximum atomic E-state index is 6.05. The van der Waals surface area contributed by atoms with Crippen LogP contribution >= 0.6 is 0 Å². The van der Waals surface area contributed by atoms with E-state index in [-0.39, 0.29) is 11.5 Å². The highest BCUT2D eigenvalue weighted by Crippen LogP contribution is 2.34. The van der Waals surface area contributed by atoms with Gasteiger partial charge in [-0.2, -0.15) is 0 Å². The van der Waals surface area contributed by atoms with Gasteiger partial charge in [-0.25, -0.2) is 0 Å². The van der Waals surface area contributed by atoms with Gasteiger partial charge in [0.05, 0.1) is 6.10 Å². The number of hydrogen-bond donors (Lipinski definition) is 1. The van der Waals surface area contributed by atoms with Gasteiger partial charge in [-0.05, 0) is 32.1 Å². The van der Waals surface area contributed by atoms with Crippen molar-refractivity contribution >= 4 is 5.96 Å². The second-order valence-corrected chi connectivity index (χ2v) is 6.43. The van der Waals surface area contributed by atoms with E-state index in [1.54, 1.807) is 0 Å². The van der Waals surface area contributed by atoms with Crippen LogP contribution in [0, 0.1) is 11.3 Å². The van der Waals surface area contributed by atoms with Gasteiger partial charge in [0.2, 0.25) is 0 Å². The Morgan fingerprint density at radius 1 is 1.32 bits per heavy atom. The number of nitrogens with zero attached hydrogens (tertiary/aromatic N) is 2. The Labute approximate surface area is 118 Å². The Morgan fingerprint density at radius 2 is 1.95 bits per heavy atom. The van der Waals surface area contributed by atoms with Crippen molar-refractivity contribution in [1.29, 1.82) is 0 Å². The van der Waals surface area contributed by atoms with Crippen LogP contribution in [0.25, 0.3) is 0 Å². The van der Waals surface area contributed by atoms with Crippen molar-refractivity contribution in [2.75, 3.05) is 26.2 Å². The van der Waals surface area contributed by atoms with Crippen molar-refractivity contribution in [3.63, 3.8) is 0 Å². The lowest BCUT2D eigenvalue weighted by molar-refractivity contribution is -0.0823. The van der Waals surface area contributed by atoms with Crippen LogP contribution in [-0.2, 0) is 4.74 Å². The van der Waals surface area contributed by atoms with E-state index < -0.39 is 0 Å². The van der Waals surface area contributed by atoms with E-state index in [1.165, 1.54) is 6.42 Å². The van der Waals surface area contributed by atoms with Gasteiger partial charge >= 0.3 is 0 Å². The summed E-state index contributed by atoms with van der Waals surface area (Å²) in [5.74, 6) is 1.16. The molecule has 0 amide bonds. The number of ether oxygens (including phenoxy) is 1. The van der Waals surface area contributed by atoms with E-state index in [2.05, 4.69) is 44.5 Å². The second-order valence-electron chi connectivity index (χ2n) is 6.43. The monoisotopic (exact) mass is 269 g/mol. The fourth-order valence-corrected chi connectivity index (χ4v) is 2.85. The normalized spacial score (nSPS) is 25.4. The van der Waals surface area contributed by atoms with Crippen molar-refractivity contribution in [3.05, 3.63) is 0 Å². The molecule has 1 saturated heterocycles. The van der Waals surface area contributed by atoms with Crippen molar-refractivity contribution in [2.45, 2.75) is 53.6 Å². The molecule has 1 aliphatic heterocycles. The molecule has 112 valence electrons. The zero-order valence-corrected chi connectivity index (χ0v) is 13.3. The number of hydrogen-bond acceptors (Lipinski definition) is 2. The van der Waals surface area contributed by atoms with Crippen molar-refractivity contribution in [3.8, 4) is 0 Å². The molecule has 0 saturated carbocycles. The highest BCUT2D eigenvalue weighted by molar-refractivity contribution is 5.77. The van der Waals surface area contributed by atoms with Crippen LogP contribution in [0.3, 0.4) is 0 Å². The molecule has 4 heteroatoms. The van der Waals surface area contributed by atoms with E-state index in [4.69, 9.17) is 10.5 Å². The Kier molecular flexibility index (Phi) is 6.11. The summed E-state index contributed by atoms with van der Waals surface area (Å²) in [5.41, 5.74) is 6.22. The first-order valence-electron chi connectivity index (χ1n) is 7.56. The fraction of sp³-hybridized carbons (Fsp3) is 0.933. The average Bonchev–Trinajstić information content (AvgIpc) is 2.37. The zero-order chi connectivity index (χ0) is 14.5. The minimum Gasteiger partial charge on any atom is -0.377 e. The third-order valence-electron chi connectivity index (χ3n) is 3.87. The molecule has 0 spiro atoms. The van der Waals surface area contributed by atoms with Crippen molar-refractivity contribution in [1.82, 2.24) is 4.90 Å². The van der Waals surface area contributed by atoms with Crippen LogP contribution in [-0.4, -0.2) is 43.2 Å². The third-order valence-corrected chi connectivity index (χ3v) is 3.87. The lowest BCUT2D eigenvalue weighted by Gasteiger charge is -2.39. The maximum absolute atomic E-state index is 6.05. The minimum absolute atomic E-state index is 0.171. The predicted octanol–water partition coefficient (Wildman–Crippen LogP) is 2.48. The second kappa shape index (κ2) is 7.13. The van der Waals surface area contributed by atoms with Crippen LogP contribution in [0.4, 0.5) is 0 Å². The smallest absolute Gasteiger partial charge is 0.191 e. The van der Waals surface area contributed by atoms with Gasteiger partial charge in [0.15, 0.2) is 5.96 Å². The first-order valence-corrected chi connectivity index (χ1v) is 7.56. The molecule has 2 unspecified atom stereocenters. The number of aliphatic imine (C=N–C) groups is 1. The summed E-state index contributed by atoms with van der Waals surface area (Å²) in [6.45, 7) is 14.4. The predicted molar refractivity (Wildman–Crippen MR) is 81.3 cm³/mol. The Bertz CT molecular complexity index is 292. The summed E-state index contributed by atoms with van der Waals surface area (Å²) in [5, 5.41) is 0. The SMILES string of the molecule is CCN(CC)C(N)=NCC1CCCOC1C(C)(C)C. The van der Waals surface area contributed by atoms with Gasteiger partial charge in [-0.3, -0.25) is 4.99 Å². The molecule has 1 rings (SSSR count). The first kappa shape index (κ1) is 16.3. The van der Waals surface area contributed by atoms with Gasteiger partial charge in [0.25, 0.3) is 0 Å². The summed E-state index contributed by atoms with van der Waals surface area (Å²) in [4.78, 5) is 6.69. The Morgan fingerprint density at radius 3 is 2.47 bits per heavy atom. The summed E-state index contributed by atoms with van der Waals surface area (Å²) < 4.78 is 5.98.